The third-order valence-corrected chi connectivity index (χ3v) is 7.35. The first-order chi connectivity index (χ1) is 13.7. The van der Waals surface area contributed by atoms with Crippen molar-refractivity contribution < 1.29 is 17.6 Å². The van der Waals surface area contributed by atoms with E-state index in [0.717, 1.165) is 6.42 Å². The number of oxazole rings is 1. The van der Waals surface area contributed by atoms with Crippen molar-refractivity contribution in [3.63, 3.8) is 0 Å². The predicted octanol–water partition coefficient (Wildman–Crippen LogP) is 2.13. The smallest absolute Gasteiger partial charge is 0.408 e. The number of hydrogen-bond acceptors (Lipinski definition) is 5. The highest BCUT2D eigenvalue weighted by molar-refractivity contribution is 7.89. The van der Waals surface area contributed by atoms with Gasteiger partial charge in [-0.3, -0.25) is 9.36 Å². The largest absolute Gasteiger partial charge is 0.420 e. The lowest BCUT2D eigenvalue weighted by Crippen LogP contribution is -2.42. The van der Waals surface area contributed by atoms with E-state index in [9.17, 15) is 18.0 Å². The van der Waals surface area contributed by atoms with Gasteiger partial charge in [-0.15, -0.1) is 0 Å². The molecule has 160 valence electrons. The Morgan fingerprint density at radius 1 is 1.17 bits per heavy atom. The number of nitrogens with zero attached hydrogens (tertiary/aromatic N) is 3. The lowest BCUT2D eigenvalue weighted by Gasteiger charge is -2.34. The number of carbonyl (C=O) groups excluding carboxylic acids is 1. The second-order valence-corrected chi connectivity index (χ2v) is 9.86. The molecular weight excluding hydrogens is 394 g/mol. The van der Waals surface area contributed by atoms with Crippen molar-refractivity contribution in [1.29, 1.82) is 0 Å². The zero-order valence-electron chi connectivity index (χ0n) is 17.4. The topological polar surface area (TPSA) is 92.8 Å². The standard InChI is InChI=1S/C20H29N3O5S/c1-5-21(6-2)19(24)13-23-17-8-7-16(10-18(17)28-20(23)25)29(26,27)22-11-14(3)9-15(4)12-22/h7-8,10,14-15H,5-6,9,11-13H2,1-4H3. The monoisotopic (exact) mass is 423 g/mol. The van der Waals surface area contributed by atoms with Crippen LogP contribution in [0.3, 0.4) is 0 Å². The van der Waals surface area contributed by atoms with Crippen LogP contribution in [0.4, 0.5) is 0 Å². The number of benzene rings is 1. The molecule has 0 N–H and O–H groups in total. The van der Waals surface area contributed by atoms with Crippen LogP contribution < -0.4 is 5.76 Å². The molecule has 1 amide bonds. The molecule has 0 spiro atoms. The van der Waals surface area contributed by atoms with Crippen molar-refractivity contribution in [2.45, 2.75) is 45.6 Å². The summed E-state index contributed by atoms with van der Waals surface area (Å²) in [4.78, 5) is 26.4. The van der Waals surface area contributed by atoms with Crippen LogP contribution in [0.15, 0.2) is 32.3 Å². The normalized spacial score (nSPS) is 20.8. The maximum absolute atomic E-state index is 13.1. The van der Waals surface area contributed by atoms with Crippen molar-refractivity contribution in [3.05, 3.63) is 28.7 Å². The van der Waals surface area contributed by atoms with Crippen LogP contribution in [0.25, 0.3) is 11.1 Å². The molecule has 1 aliphatic heterocycles. The van der Waals surface area contributed by atoms with Gasteiger partial charge in [0, 0.05) is 32.2 Å². The summed E-state index contributed by atoms with van der Waals surface area (Å²) < 4.78 is 34.2. The molecule has 2 atom stereocenters. The highest BCUT2D eigenvalue weighted by Gasteiger charge is 2.32. The Bertz CT molecular complexity index is 1040. The Balaban J connectivity index is 1.94. The summed E-state index contributed by atoms with van der Waals surface area (Å²) in [5, 5.41) is 0. The van der Waals surface area contributed by atoms with Gasteiger partial charge in [0.05, 0.1) is 10.4 Å². The van der Waals surface area contributed by atoms with Crippen molar-refractivity contribution in [2.24, 2.45) is 11.8 Å². The quantitative estimate of drug-likeness (QED) is 0.710. The Morgan fingerprint density at radius 2 is 1.79 bits per heavy atom. The molecule has 1 fully saturated rings. The molecule has 0 saturated carbocycles. The fourth-order valence-electron chi connectivity index (χ4n) is 4.12. The van der Waals surface area contributed by atoms with Gasteiger partial charge in [0.1, 0.15) is 6.54 Å². The van der Waals surface area contributed by atoms with Crippen LogP contribution in [0.5, 0.6) is 0 Å². The van der Waals surface area contributed by atoms with Gasteiger partial charge >= 0.3 is 5.76 Å². The maximum Gasteiger partial charge on any atom is 0.420 e. The zero-order chi connectivity index (χ0) is 21.3. The van der Waals surface area contributed by atoms with Crippen LogP contribution in [-0.2, 0) is 21.4 Å². The molecular formula is C20H29N3O5S. The molecule has 8 nitrogen and oxygen atoms in total. The van der Waals surface area contributed by atoms with E-state index in [0.29, 0.717) is 43.5 Å². The number of likely N-dealkylation sites (N-methyl/N-ethyl adjacent to an activating group) is 1. The first-order valence-electron chi connectivity index (χ1n) is 10.1. The number of rotatable bonds is 6. The Hall–Kier alpha value is -2.13. The molecule has 1 aromatic carbocycles. The molecule has 9 heteroatoms. The summed E-state index contributed by atoms with van der Waals surface area (Å²) in [7, 11) is -3.68. The Kier molecular flexibility index (Phi) is 6.19. The number of sulfonamides is 1. The van der Waals surface area contributed by atoms with E-state index in [1.54, 1.807) is 11.0 Å². The molecule has 29 heavy (non-hydrogen) atoms. The number of fused-ring (bicyclic) bond motifs is 1. The minimum absolute atomic E-state index is 0.0993. The lowest BCUT2D eigenvalue weighted by molar-refractivity contribution is -0.131. The third-order valence-electron chi connectivity index (χ3n) is 5.52. The first-order valence-corrected chi connectivity index (χ1v) is 11.5. The summed E-state index contributed by atoms with van der Waals surface area (Å²) in [5.41, 5.74) is 0.580. The summed E-state index contributed by atoms with van der Waals surface area (Å²) in [6.45, 7) is 9.77. The average Bonchev–Trinajstić information content (AvgIpc) is 2.96. The molecule has 0 bridgehead atoms. The number of amides is 1. The first kappa shape index (κ1) is 21.6. The van der Waals surface area contributed by atoms with Crippen molar-refractivity contribution in [2.75, 3.05) is 26.2 Å². The van der Waals surface area contributed by atoms with E-state index in [1.165, 1.54) is 21.0 Å². The van der Waals surface area contributed by atoms with Gasteiger partial charge in [0.15, 0.2) is 5.58 Å². The van der Waals surface area contributed by atoms with Gasteiger partial charge in [-0.1, -0.05) is 13.8 Å². The molecule has 1 aliphatic rings. The van der Waals surface area contributed by atoms with Crippen LogP contribution in [0.2, 0.25) is 0 Å². The molecule has 2 heterocycles. The molecule has 1 saturated heterocycles. The van der Waals surface area contributed by atoms with E-state index in [-0.39, 0.29) is 22.9 Å². The van der Waals surface area contributed by atoms with Gasteiger partial charge in [-0.05, 0) is 44.2 Å². The van der Waals surface area contributed by atoms with Gasteiger partial charge in [-0.2, -0.15) is 4.31 Å². The van der Waals surface area contributed by atoms with Crippen LogP contribution in [-0.4, -0.2) is 54.3 Å². The molecule has 2 unspecified atom stereocenters. The van der Waals surface area contributed by atoms with E-state index in [2.05, 4.69) is 0 Å². The number of carbonyl (C=O) groups is 1. The Labute approximate surface area is 171 Å². The van der Waals surface area contributed by atoms with E-state index < -0.39 is 15.8 Å². The number of hydrogen-bond donors (Lipinski definition) is 0. The molecule has 0 radical (unpaired) electrons. The third kappa shape index (κ3) is 4.25. The van der Waals surface area contributed by atoms with Crippen molar-refractivity contribution >= 4 is 27.0 Å². The highest BCUT2D eigenvalue weighted by atomic mass is 32.2. The predicted molar refractivity (Wildman–Crippen MR) is 110 cm³/mol. The van der Waals surface area contributed by atoms with Crippen LogP contribution >= 0.6 is 0 Å². The van der Waals surface area contributed by atoms with Crippen LogP contribution in [0.1, 0.15) is 34.1 Å². The second-order valence-electron chi connectivity index (χ2n) is 7.92. The highest BCUT2D eigenvalue weighted by Crippen LogP contribution is 2.28. The van der Waals surface area contributed by atoms with E-state index in [4.69, 9.17) is 4.42 Å². The summed E-state index contributed by atoms with van der Waals surface area (Å²) >= 11 is 0. The summed E-state index contributed by atoms with van der Waals surface area (Å²) in [6.07, 6.45) is 1.00. The summed E-state index contributed by atoms with van der Waals surface area (Å²) in [5.74, 6) is -0.271. The van der Waals surface area contributed by atoms with E-state index >= 15 is 0 Å². The van der Waals surface area contributed by atoms with Gasteiger partial charge in [0.25, 0.3) is 0 Å². The fraction of sp³-hybridized carbons (Fsp3) is 0.600. The van der Waals surface area contributed by atoms with Gasteiger partial charge in [-0.25, -0.2) is 13.2 Å². The van der Waals surface area contributed by atoms with Crippen molar-refractivity contribution in [3.8, 4) is 0 Å². The number of aromatic nitrogens is 1. The maximum atomic E-state index is 13.1. The van der Waals surface area contributed by atoms with Gasteiger partial charge < -0.3 is 9.32 Å². The van der Waals surface area contributed by atoms with E-state index in [1.807, 2.05) is 27.7 Å². The SMILES string of the molecule is CCN(CC)C(=O)Cn1c(=O)oc2cc(S(=O)(=O)N3CC(C)CC(C)C3)ccc21. The zero-order valence-corrected chi connectivity index (χ0v) is 18.2. The summed E-state index contributed by atoms with van der Waals surface area (Å²) in [6, 6.07) is 4.41. The molecule has 2 aromatic rings. The minimum atomic E-state index is -3.68. The number of piperidine rings is 1. The van der Waals surface area contributed by atoms with Crippen LogP contribution in [0, 0.1) is 11.8 Å². The Morgan fingerprint density at radius 3 is 2.38 bits per heavy atom. The van der Waals surface area contributed by atoms with Crippen molar-refractivity contribution in [1.82, 2.24) is 13.8 Å². The fourth-order valence-corrected chi connectivity index (χ4v) is 5.82. The minimum Gasteiger partial charge on any atom is -0.408 e. The average molecular weight is 424 g/mol. The molecule has 3 rings (SSSR count). The molecule has 0 aliphatic carbocycles. The lowest BCUT2D eigenvalue weighted by atomic mass is 9.94. The molecule has 1 aromatic heterocycles. The van der Waals surface area contributed by atoms with Gasteiger partial charge in [0.2, 0.25) is 15.9 Å². The second kappa shape index (κ2) is 8.31.